The molecule has 1 saturated carbocycles. The lowest BCUT2D eigenvalue weighted by Gasteiger charge is -2.36. The number of nitrogens with one attached hydrogen (secondary N) is 1. The van der Waals surface area contributed by atoms with E-state index >= 15 is 0 Å². The van der Waals surface area contributed by atoms with Gasteiger partial charge in [-0.15, -0.1) is 0 Å². The molecule has 0 amide bonds. The highest BCUT2D eigenvalue weighted by Crippen LogP contribution is 2.34. The van der Waals surface area contributed by atoms with Crippen molar-refractivity contribution in [2.45, 2.75) is 19.8 Å². The quantitative estimate of drug-likeness (QED) is 0.394. The Balaban J connectivity index is 1.29. The Morgan fingerprint density at radius 3 is 2.41 bits per heavy atom. The third kappa shape index (κ3) is 4.67. The zero-order valence-electron chi connectivity index (χ0n) is 20.6. The average Bonchev–Trinajstić information content (AvgIpc) is 3.68. The van der Waals surface area contributed by atoms with Crippen LogP contribution in [0.15, 0.2) is 47.3 Å². The van der Waals surface area contributed by atoms with E-state index in [1.807, 2.05) is 24.3 Å². The lowest BCUT2D eigenvalue weighted by Crippen LogP contribution is -2.47. The molecule has 190 valence electrons. The van der Waals surface area contributed by atoms with E-state index in [2.05, 4.69) is 24.8 Å². The minimum absolute atomic E-state index is 0.0674. The number of nitrogens with two attached hydrogens (primary N) is 1. The monoisotopic (exact) mass is 502 g/mol. The molecule has 2 aromatic heterocycles. The number of H-pyrrole nitrogens is 1. The summed E-state index contributed by atoms with van der Waals surface area (Å²) in [6.07, 6.45) is 2.73. The molecule has 0 bridgehead atoms. The molecule has 2 aromatic carbocycles. The van der Waals surface area contributed by atoms with Gasteiger partial charge < -0.3 is 15.6 Å². The van der Waals surface area contributed by atoms with Gasteiger partial charge in [0.05, 0.1) is 5.52 Å². The number of benzene rings is 2. The molecule has 0 unspecified atom stereocenters. The summed E-state index contributed by atoms with van der Waals surface area (Å²) >= 11 is 0. The molecule has 3 heterocycles. The summed E-state index contributed by atoms with van der Waals surface area (Å²) in [5, 5.41) is -0.132. The number of fused-ring (bicyclic) bond motifs is 1. The Bertz CT molecular complexity index is 1540. The number of aromatic amines is 1. The van der Waals surface area contributed by atoms with Gasteiger partial charge in [-0.1, -0.05) is 12.1 Å². The van der Waals surface area contributed by atoms with Crippen molar-refractivity contribution in [2.75, 3.05) is 43.4 Å². The van der Waals surface area contributed by atoms with Gasteiger partial charge in [-0.3, -0.25) is 9.69 Å². The third-order valence-corrected chi connectivity index (χ3v) is 7.32. The Kier molecular flexibility index (Phi) is 5.87. The first-order chi connectivity index (χ1) is 17.9. The molecule has 7 nitrogen and oxygen atoms in total. The van der Waals surface area contributed by atoms with E-state index in [1.165, 1.54) is 25.5 Å². The summed E-state index contributed by atoms with van der Waals surface area (Å²) < 4.78 is 29.8. The van der Waals surface area contributed by atoms with Crippen molar-refractivity contribution in [1.29, 1.82) is 0 Å². The molecule has 1 saturated heterocycles. The minimum atomic E-state index is -0.729. The molecule has 0 radical (unpaired) electrons. The van der Waals surface area contributed by atoms with Crippen molar-refractivity contribution in [3.63, 3.8) is 0 Å². The van der Waals surface area contributed by atoms with Crippen LogP contribution >= 0.6 is 0 Å². The first-order valence-electron chi connectivity index (χ1n) is 12.6. The number of anilines is 2. The highest BCUT2D eigenvalue weighted by atomic mass is 19.1. The fourth-order valence-corrected chi connectivity index (χ4v) is 5.14. The first kappa shape index (κ1) is 23.5. The smallest absolute Gasteiger partial charge is 0.261 e. The van der Waals surface area contributed by atoms with Gasteiger partial charge in [0.1, 0.15) is 22.8 Å². The predicted molar refractivity (Wildman–Crippen MR) is 141 cm³/mol. The number of pyridine rings is 1. The van der Waals surface area contributed by atoms with Crippen molar-refractivity contribution in [1.82, 2.24) is 19.9 Å². The Morgan fingerprint density at radius 1 is 0.973 bits per heavy atom. The maximum Gasteiger partial charge on any atom is 0.261 e. The molecule has 0 atom stereocenters. The molecule has 6 rings (SSSR count). The van der Waals surface area contributed by atoms with Gasteiger partial charge in [0.2, 0.25) is 5.95 Å². The van der Waals surface area contributed by atoms with Crippen molar-refractivity contribution >= 4 is 22.4 Å². The second-order valence-corrected chi connectivity index (χ2v) is 10.0. The molecule has 1 aliphatic heterocycles. The fraction of sp³-hybridized carbons (Fsp3) is 0.321. The fourth-order valence-electron chi connectivity index (χ4n) is 5.14. The summed E-state index contributed by atoms with van der Waals surface area (Å²) in [4.78, 5) is 27.7. The summed E-state index contributed by atoms with van der Waals surface area (Å²) in [7, 11) is 0. The highest BCUT2D eigenvalue weighted by Gasteiger charge is 2.26. The number of piperazine rings is 1. The van der Waals surface area contributed by atoms with E-state index < -0.39 is 17.3 Å². The van der Waals surface area contributed by atoms with Crippen LogP contribution in [-0.4, -0.2) is 52.6 Å². The van der Waals surface area contributed by atoms with Gasteiger partial charge in [-0.2, -0.15) is 4.39 Å². The Hall–Kier alpha value is -3.85. The van der Waals surface area contributed by atoms with Crippen LogP contribution in [0.5, 0.6) is 0 Å². The summed E-state index contributed by atoms with van der Waals surface area (Å²) in [6.45, 7) is 6.89. The van der Waals surface area contributed by atoms with Crippen molar-refractivity contribution < 1.29 is 8.78 Å². The zero-order valence-corrected chi connectivity index (χ0v) is 20.6. The number of hydrogen-bond donors (Lipinski definition) is 2. The molecule has 3 N–H and O–H groups in total. The SMILES string of the molecule is Cc1nc2cc(-c3cc(-c4ccc(N5CCN(CC6CC6)CC5)cc4)c(F)nc3N)cc(F)c2c(=O)[nH]1. The van der Waals surface area contributed by atoms with E-state index in [-0.39, 0.29) is 22.3 Å². The van der Waals surface area contributed by atoms with Gasteiger partial charge in [0.15, 0.2) is 0 Å². The molecule has 9 heteroatoms. The topological polar surface area (TPSA) is 91.1 Å². The zero-order chi connectivity index (χ0) is 25.7. The van der Waals surface area contributed by atoms with Crippen molar-refractivity contribution in [2.24, 2.45) is 5.92 Å². The third-order valence-electron chi connectivity index (χ3n) is 7.32. The van der Waals surface area contributed by atoms with Gasteiger partial charge in [0.25, 0.3) is 5.56 Å². The lowest BCUT2D eigenvalue weighted by molar-refractivity contribution is 0.248. The predicted octanol–water partition coefficient (Wildman–Crippen LogP) is 4.35. The number of rotatable bonds is 5. The number of hydrogen-bond acceptors (Lipinski definition) is 6. The van der Waals surface area contributed by atoms with E-state index in [9.17, 15) is 13.6 Å². The molecule has 2 aliphatic rings. The maximum atomic E-state index is 14.9. The van der Waals surface area contributed by atoms with Crippen LogP contribution in [0.4, 0.5) is 20.3 Å². The molecule has 1 aliphatic carbocycles. The van der Waals surface area contributed by atoms with Crippen LogP contribution in [0.3, 0.4) is 0 Å². The maximum absolute atomic E-state index is 14.9. The second kappa shape index (κ2) is 9.23. The van der Waals surface area contributed by atoms with Crippen LogP contribution in [-0.2, 0) is 0 Å². The average molecular weight is 503 g/mol. The summed E-state index contributed by atoms with van der Waals surface area (Å²) in [5.41, 5.74) is 8.44. The van der Waals surface area contributed by atoms with Crippen LogP contribution in [0, 0.1) is 24.6 Å². The van der Waals surface area contributed by atoms with E-state index in [4.69, 9.17) is 5.73 Å². The normalized spacial score (nSPS) is 16.5. The van der Waals surface area contributed by atoms with E-state index in [0.717, 1.165) is 37.8 Å². The summed E-state index contributed by atoms with van der Waals surface area (Å²) in [5.74, 6) is -0.234. The van der Waals surface area contributed by atoms with E-state index in [0.29, 0.717) is 22.5 Å². The number of halogens is 2. The Labute approximate surface area is 213 Å². The minimum Gasteiger partial charge on any atom is -0.383 e. The van der Waals surface area contributed by atoms with Gasteiger partial charge in [-0.25, -0.2) is 14.4 Å². The van der Waals surface area contributed by atoms with Crippen LogP contribution in [0.2, 0.25) is 0 Å². The number of aromatic nitrogens is 3. The van der Waals surface area contributed by atoms with Gasteiger partial charge in [-0.05, 0) is 67.1 Å². The van der Waals surface area contributed by atoms with Crippen molar-refractivity contribution in [3.05, 3.63) is 70.4 Å². The number of nitrogen functional groups attached to an aromatic ring is 1. The van der Waals surface area contributed by atoms with Gasteiger partial charge in [0, 0.05) is 49.5 Å². The molecular weight excluding hydrogens is 474 g/mol. The number of aryl methyl sites for hydroxylation is 1. The van der Waals surface area contributed by atoms with E-state index in [1.54, 1.807) is 19.1 Å². The standard InChI is InChI=1S/C28H28F2N6O/c1-16-32-24-13-19(12-23(29)25(24)28(37)33-16)22-14-21(26(30)34-27(22)31)18-4-6-20(7-5-18)36-10-8-35(9-11-36)15-17-2-3-17/h4-7,12-14,17H,2-3,8-11,15H2,1H3,(H2,31,34)(H,32,33,37). The molecule has 2 fully saturated rings. The highest BCUT2D eigenvalue weighted by molar-refractivity contribution is 5.88. The largest absolute Gasteiger partial charge is 0.383 e. The first-order valence-corrected chi connectivity index (χ1v) is 12.6. The van der Waals surface area contributed by atoms with Crippen LogP contribution in [0.1, 0.15) is 18.7 Å². The number of nitrogens with zero attached hydrogens (tertiary/aromatic N) is 4. The van der Waals surface area contributed by atoms with Gasteiger partial charge >= 0.3 is 0 Å². The lowest BCUT2D eigenvalue weighted by atomic mass is 9.99. The van der Waals surface area contributed by atoms with Crippen LogP contribution in [0.25, 0.3) is 33.2 Å². The molecule has 4 aromatic rings. The molecular formula is C28H28F2N6O. The molecule has 37 heavy (non-hydrogen) atoms. The molecule has 0 spiro atoms. The van der Waals surface area contributed by atoms with Crippen molar-refractivity contribution in [3.8, 4) is 22.3 Å². The Morgan fingerprint density at radius 2 is 1.70 bits per heavy atom. The second-order valence-electron chi connectivity index (χ2n) is 10.0. The summed E-state index contributed by atoms with van der Waals surface area (Å²) in [6, 6.07) is 12.1. The van der Waals surface area contributed by atoms with Crippen LogP contribution < -0.4 is 16.2 Å².